The third-order valence-corrected chi connectivity index (χ3v) is 4.86. The van der Waals surface area contributed by atoms with E-state index < -0.39 is 6.04 Å². The number of hydrogen-bond acceptors (Lipinski definition) is 6. The fraction of sp³-hybridized carbons (Fsp3) is 0.227. The SMILES string of the molecule is C[C@@H]1C(=O)N(Cc2ccccc2)CC(=O)N1Cc1cc(-c2ccncc2)no1.O=CO. The number of carboxylic acid groups (broad SMARTS) is 1. The second-order valence-corrected chi connectivity index (χ2v) is 6.90. The molecule has 2 amide bonds. The smallest absolute Gasteiger partial charge is 0.290 e. The van der Waals surface area contributed by atoms with Crippen molar-refractivity contribution in [3.05, 3.63) is 72.2 Å². The standard InChI is InChI=1S/C21H20N4O3.CH2O2/c1-15-21(27)24(12-16-5-3-2-4-6-16)14-20(26)25(15)13-18-11-19(23-28-18)17-7-9-22-10-8-17;2-1-3/h2-11,15H,12-14H2,1H3;1H,(H,2,3)/t15-;/m1./s1. The van der Waals surface area contributed by atoms with Crippen molar-refractivity contribution < 1.29 is 24.0 Å². The van der Waals surface area contributed by atoms with Gasteiger partial charge in [-0.1, -0.05) is 35.5 Å². The van der Waals surface area contributed by atoms with Gasteiger partial charge in [0.1, 0.15) is 18.3 Å². The monoisotopic (exact) mass is 422 g/mol. The molecule has 1 saturated heterocycles. The van der Waals surface area contributed by atoms with E-state index in [1.807, 2.05) is 42.5 Å². The molecular weight excluding hydrogens is 400 g/mol. The van der Waals surface area contributed by atoms with Crippen LogP contribution >= 0.6 is 0 Å². The van der Waals surface area contributed by atoms with E-state index in [9.17, 15) is 9.59 Å². The predicted molar refractivity (Wildman–Crippen MR) is 110 cm³/mol. The van der Waals surface area contributed by atoms with E-state index in [0.717, 1.165) is 11.1 Å². The molecule has 0 spiro atoms. The molecule has 0 unspecified atom stereocenters. The van der Waals surface area contributed by atoms with E-state index in [4.69, 9.17) is 14.4 Å². The van der Waals surface area contributed by atoms with Gasteiger partial charge in [-0.15, -0.1) is 0 Å². The van der Waals surface area contributed by atoms with Gasteiger partial charge < -0.3 is 19.4 Å². The molecule has 2 aromatic heterocycles. The van der Waals surface area contributed by atoms with Gasteiger partial charge in [0.15, 0.2) is 5.76 Å². The van der Waals surface area contributed by atoms with Crippen LogP contribution in [0.5, 0.6) is 0 Å². The van der Waals surface area contributed by atoms with Crippen LogP contribution in [-0.4, -0.2) is 55.9 Å². The van der Waals surface area contributed by atoms with E-state index in [1.165, 1.54) is 0 Å². The number of nitrogens with zero attached hydrogens (tertiary/aromatic N) is 4. The number of hydrogen-bond donors (Lipinski definition) is 1. The average molecular weight is 422 g/mol. The Morgan fingerprint density at radius 2 is 1.81 bits per heavy atom. The zero-order valence-electron chi connectivity index (χ0n) is 16.9. The van der Waals surface area contributed by atoms with Gasteiger partial charge in [-0.05, 0) is 24.6 Å². The van der Waals surface area contributed by atoms with Crippen LogP contribution < -0.4 is 0 Å². The van der Waals surface area contributed by atoms with Crippen LogP contribution in [0.2, 0.25) is 0 Å². The lowest BCUT2D eigenvalue weighted by molar-refractivity contribution is -0.156. The van der Waals surface area contributed by atoms with Crippen molar-refractivity contribution in [2.75, 3.05) is 6.54 Å². The molecule has 0 aliphatic carbocycles. The van der Waals surface area contributed by atoms with Crippen molar-refractivity contribution in [2.45, 2.75) is 26.1 Å². The molecule has 9 heteroatoms. The lowest BCUT2D eigenvalue weighted by atomic mass is 10.1. The third kappa shape index (κ3) is 5.33. The molecule has 1 aliphatic rings. The Morgan fingerprint density at radius 1 is 1.13 bits per heavy atom. The Morgan fingerprint density at radius 3 is 2.48 bits per heavy atom. The number of aromatic nitrogens is 2. The zero-order valence-corrected chi connectivity index (χ0v) is 16.9. The Balaban J connectivity index is 0.000000858. The molecule has 1 atom stereocenters. The third-order valence-electron chi connectivity index (χ3n) is 4.86. The van der Waals surface area contributed by atoms with Crippen LogP contribution in [0.4, 0.5) is 0 Å². The fourth-order valence-electron chi connectivity index (χ4n) is 3.32. The molecule has 160 valence electrons. The van der Waals surface area contributed by atoms with Gasteiger partial charge in [0.2, 0.25) is 11.8 Å². The highest BCUT2D eigenvalue weighted by Crippen LogP contribution is 2.22. The number of benzene rings is 1. The number of carbonyl (C=O) groups excluding carboxylic acids is 2. The molecule has 31 heavy (non-hydrogen) atoms. The minimum absolute atomic E-state index is 0.0589. The Hall–Kier alpha value is -4.01. The summed E-state index contributed by atoms with van der Waals surface area (Å²) in [6, 6.07) is 14.6. The maximum absolute atomic E-state index is 12.8. The molecular formula is C22H22N4O5. The second kappa shape index (κ2) is 10.1. The number of carbonyl (C=O) groups is 3. The van der Waals surface area contributed by atoms with Gasteiger partial charge >= 0.3 is 0 Å². The minimum atomic E-state index is -0.556. The quantitative estimate of drug-likeness (QED) is 0.627. The van der Waals surface area contributed by atoms with Crippen molar-refractivity contribution in [2.24, 2.45) is 0 Å². The lowest BCUT2D eigenvalue weighted by Crippen LogP contribution is -2.57. The molecule has 0 bridgehead atoms. The summed E-state index contributed by atoms with van der Waals surface area (Å²) in [5, 5.41) is 10.9. The molecule has 0 saturated carbocycles. The summed E-state index contributed by atoms with van der Waals surface area (Å²) < 4.78 is 5.39. The molecule has 1 aliphatic heterocycles. The van der Waals surface area contributed by atoms with Crippen LogP contribution in [0.15, 0.2) is 65.4 Å². The van der Waals surface area contributed by atoms with Crippen LogP contribution in [0.3, 0.4) is 0 Å². The van der Waals surface area contributed by atoms with Gasteiger partial charge in [0.05, 0.1) is 6.54 Å². The molecule has 9 nitrogen and oxygen atoms in total. The minimum Gasteiger partial charge on any atom is -0.483 e. The Bertz CT molecular complexity index is 1020. The highest BCUT2D eigenvalue weighted by Gasteiger charge is 2.37. The van der Waals surface area contributed by atoms with Crippen LogP contribution in [-0.2, 0) is 27.5 Å². The average Bonchev–Trinajstić information content (AvgIpc) is 3.26. The first-order valence-corrected chi connectivity index (χ1v) is 9.59. The van der Waals surface area contributed by atoms with Crippen molar-refractivity contribution >= 4 is 18.3 Å². The highest BCUT2D eigenvalue weighted by molar-refractivity contribution is 5.94. The van der Waals surface area contributed by atoms with Crippen LogP contribution in [0.25, 0.3) is 11.3 Å². The molecule has 1 fully saturated rings. The maximum atomic E-state index is 12.8. The van der Waals surface area contributed by atoms with E-state index in [1.54, 1.807) is 35.2 Å². The first-order valence-electron chi connectivity index (χ1n) is 9.59. The summed E-state index contributed by atoms with van der Waals surface area (Å²) in [6.07, 6.45) is 3.36. The van der Waals surface area contributed by atoms with Gasteiger partial charge in [-0.2, -0.15) is 0 Å². The van der Waals surface area contributed by atoms with E-state index in [2.05, 4.69) is 10.1 Å². The Labute approximate surface area is 178 Å². The van der Waals surface area contributed by atoms with E-state index in [0.29, 0.717) is 18.0 Å². The molecule has 3 heterocycles. The number of pyridine rings is 1. The predicted octanol–water partition coefficient (Wildman–Crippen LogP) is 2.20. The summed E-state index contributed by atoms with van der Waals surface area (Å²) in [7, 11) is 0. The summed E-state index contributed by atoms with van der Waals surface area (Å²) in [5.41, 5.74) is 2.56. The highest BCUT2D eigenvalue weighted by atomic mass is 16.5. The topological polar surface area (TPSA) is 117 Å². The number of amides is 2. The first-order chi connectivity index (χ1) is 15.0. The van der Waals surface area contributed by atoms with Crippen molar-refractivity contribution in [1.29, 1.82) is 0 Å². The normalized spacial score (nSPS) is 16.0. The van der Waals surface area contributed by atoms with E-state index >= 15 is 0 Å². The van der Waals surface area contributed by atoms with Gasteiger partial charge in [-0.25, -0.2) is 0 Å². The van der Waals surface area contributed by atoms with Gasteiger partial charge in [0.25, 0.3) is 6.47 Å². The Kier molecular flexibility index (Phi) is 7.10. The molecule has 3 aromatic rings. The summed E-state index contributed by atoms with van der Waals surface area (Å²) in [5.74, 6) is 0.360. The van der Waals surface area contributed by atoms with Gasteiger partial charge in [-0.3, -0.25) is 19.4 Å². The van der Waals surface area contributed by atoms with Crippen LogP contribution in [0.1, 0.15) is 18.2 Å². The van der Waals surface area contributed by atoms with Crippen molar-refractivity contribution in [1.82, 2.24) is 19.9 Å². The zero-order chi connectivity index (χ0) is 22.2. The molecule has 4 rings (SSSR count). The lowest BCUT2D eigenvalue weighted by Gasteiger charge is -2.38. The molecule has 0 radical (unpaired) electrons. The fourth-order valence-corrected chi connectivity index (χ4v) is 3.32. The van der Waals surface area contributed by atoms with Gasteiger partial charge in [0, 0.05) is 30.6 Å². The summed E-state index contributed by atoms with van der Waals surface area (Å²) >= 11 is 0. The van der Waals surface area contributed by atoms with Crippen molar-refractivity contribution in [3.8, 4) is 11.3 Å². The second-order valence-electron chi connectivity index (χ2n) is 6.90. The van der Waals surface area contributed by atoms with Crippen molar-refractivity contribution in [3.63, 3.8) is 0 Å². The molecule has 1 N–H and O–H groups in total. The first kappa shape index (κ1) is 21.7. The molecule has 1 aromatic carbocycles. The van der Waals surface area contributed by atoms with E-state index in [-0.39, 0.29) is 31.4 Å². The largest absolute Gasteiger partial charge is 0.483 e. The van der Waals surface area contributed by atoms with Crippen LogP contribution in [0, 0.1) is 0 Å². The maximum Gasteiger partial charge on any atom is 0.290 e. The number of rotatable bonds is 5. The summed E-state index contributed by atoms with van der Waals surface area (Å²) in [4.78, 5) is 41.0. The number of piperazine rings is 1. The summed E-state index contributed by atoms with van der Waals surface area (Å²) in [6.45, 7) is 2.20.